The van der Waals surface area contributed by atoms with Crippen LogP contribution in [0, 0.1) is 0 Å². The Morgan fingerprint density at radius 1 is 1.23 bits per heavy atom. The number of amides is 3. The van der Waals surface area contributed by atoms with Crippen molar-refractivity contribution in [3.8, 4) is 0 Å². The number of carbonyl (C=O) groups is 3. The Balaban J connectivity index is 2.75. The molecule has 3 amide bonds. The quantitative estimate of drug-likeness (QED) is 0.681. The maximum absolute atomic E-state index is 12.2. The molecule has 0 aromatic heterocycles. The van der Waals surface area contributed by atoms with Gasteiger partial charge in [0.05, 0.1) is 10.6 Å². The molecule has 0 fully saturated rings. The second-order valence-electron chi connectivity index (χ2n) is 4.46. The minimum Gasteiger partial charge on any atom is -0.340 e. The Morgan fingerprint density at radius 3 is 2.50 bits per heavy atom. The van der Waals surface area contributed by atoms with Gasteiger partial charge in [0, 0.05) is 6.92 Å². The first kappa shape index (κ1) is 18.3. The molecule has 8 heteroatoms. The number of carbonyl (C=O) groups excluding carboxylic acids is 3. The Labute approximate surface area is 138 Å². The Kier molecular flexibility index (Phi) is 7.76. The van der Waals surface area contributed by atoms with Gasteiger partial charge < -0.3 is 5.32 Å². The van der Waals surface area contributed by atoms with Crippen LogP contribution in [0.2, 0.25) is 5.02 Å². The van der Waals surface area contributed by atoms with Crippen molar-refractivity contribution in [2.45, 2.75) is 19.4 Å². The SMILES string of the molecule is CSCC[C@@H](NC(=O)c1ccccc1Cl)C(=O)NNC(C)=O. The average molecular weight is 344 g/mol. The van der Waals surface area contributed by atoms with E-state index in [0.717, 1.165) is 0 Å². The summed E-state index contributed by atoms with van der Waals surface area (Å²) in [6, 6.07) is 5.82. The van der Waals surface area contributed by atoms with Gasteiger partial charge in [0.25, 0.3) is 11.8 Å². The van der Waals surface area contributed by atoms with E-state index in [0.29, 0.717) is 22.8 Å². The largest absolute Gasteiger partial charge is 0.340 e. The third-order valence-electron chi connectivity index (χ3n) is 2.71. The highest BCUT2D eigenvalue weighted by atomic mass is 35.5. The molecule has 0 aliphatic heterocycles. The number of rotatable bonds is 6. The fourth-order valence-corrected chi connectivity index (χ4v) is 2.32. The summed E-state index contributed by atoms with van der Waals surface area (Å²) in [5.74, 6) is -0.630. The van der Waals surface area contributed by atoms with Gasteiger partial charge in [-0.25, -0.2) is 0 Å². The number of hydrogen-bond acceptors (Lipinski definition) is 4. The zero-order valence-electron chi connectivity index (χ0n) is 12.3. The Bertz CT molecular complexity index is 554. The molecule has 0 aliphatic carbocycles. The Hall–Kier alpha value is -1.73. The van der Waals surface area contributed by atoms with Crippen LogP contribution in [0.5, 0.6) is 0 Å². The third-order valence-corrected chi connectivity index (χ3v) is 3.69. The zero-order chi connectivity index (χ0) is 16.5. The van der Waals surface area contributed by atoms with Crippen molar-refractivity contribution >= 4 is 41.1 Å². The molecule has 0 saturated heterocycles. The molecular formula is C14H18ClN3O3S. The summed E-state index contributed by atoms with van der Waals surface area (Å²) in [7, 11) is 0. The molecule has 0 heterocycles. The van der Waals surface area contributed by atoms with Gasteiger partial charge in [-0.2, -0.15) is 11.8 Å². The van der Waals surface area contributed by atoms with Crippen LogP contribution in [-0.2, 0) is 9.59 Å². The van der Waals surface area contributed by atoms with Crippen LogP contribution in [0.3, 0.4) is 0 Å². The van der Waals surface area contributed by atoms with Crippen LogP contribution in [0.25, 0.3) is 0 Å². The van der Waals surface area contributed by atoms with E-state index in [9.17, 15) is 14.4 Å². The lowest BCUT2D eigenvalue weighted by molar-refractivity contribution is -0.129. The molecule has 1 rings (SSSR count). The number of thioether (sulfide) groups is 1. The first-order chi connectivity index (χ1) is 10.5. The van der Waals surface area contributed by atoms with Gasteiger partial charge in [0.2, 0.25) is 5.91 Å². The van der Waals surface area contributed by atoms with Gasteiger partial charge in [0.15, 0.2) is 0 Å². The second kappa shape index (κ2) is 9.32. The van der Waals surface area contributed by atoms with Gasteiger partial charge in [-0.1, -0.05) is 23.7 Å². The maximum Gasteiger partial charge on any atom is 0.260 e. The highest BCUT2D eigenvalue weighted by molar-refractivity contribution is 7.98. The number of hydrogen-bond donors (Lipinski definition) is 3. The molecule has 1 aromatic rings. The maximum atomic E-state index is 12.2. The van der Waals surface area contributed by atoms with Crippen molar-refractivity contribution in [2.24, 2.45) is 0 Å². The van der Waals surface area contributed by atoms with Crippen molar-refractivity contribution in [2.75, 3.05) is 12.0 Å². The highest BCUT2D eigenvalue weighted by Crippen LogP contribution is 2.15. The molecule has 0 radical (unpaired) electrons. The van der Waals surface area contributed by atoms with Crippen LogP contribution < -0.4 is 16.2 Å². The van der Waals surface area contributed by atoms with Crippen molar-refractivity contribution in [3.05, 3.63) is 34.9 Å². The number of nitrogens with one attached hydrogen (secondary N) is 3. The molecule has 0 saturated carbocycles. The minimum absolute atomic E-state index is 0.297. The molecule has 0 bridgehead atoms. The van der Waals surface area contributed by atoms with E-state index in [-0.39, 0.29) is 0 Å². The first-order valence-electron chi connectivity index (χ1n) is 6.56. The fraction of sp³-hybridized carbons (Fsp3) is 0.357. The minimum atomic E-state index is -0.761. The lowest BCUT2D eigenvalue weighted by Gasteiger charge is -2.18. The molecule has 6 nitrogen and oxygen atoms in total. The number of benzene rings is 1. The highest BCUT2D eigenvalue weighted by Gasteiger charge is 2.22. The van der Waals surface area contributed by atoms with E-state index in [4.69, 9.17) is 11.6 Å². The summed E-state index contributed by atoms with van der Waals surface area (Å²) in [6.07, 6.45) is 2.33. The summed E-state index contributed by atoms with van der Waals surface area (Å²) >= 11 is 7.52. The van der Waals surface area contributed by atoms with Gasteiger partial charge >= 0.3 is 0 Å². The standard InChI is InChI=1S/C14H18ClN3O3S/c1-9(19)17-18-14(21)12(7-8-22-2)16-13(20)10-5-3-4-6-11(10)15/h3-6,12H,7-8H2,1-2H3,(H,16,20)(H,17,19)(H,18,21)/t12-/m1/s1. The molecule has 0 unspecified atom stereocenters. The molecule has 0 spiro atoms. The number of hydrazine groups is 1. The third kappa shape index (κ3) is 5.95. The Morgan fingerprint density at radius 2 is 1.91 bits per heavy atom. The summed E-state index contributed by atoms with van der Waals surface area (Å²) in [5, 5.41) is 2.94. The molecule has 22 heavy (non-hydrogen) atoms. The van der Waals surface area contributed by atoms with Gasteiger partial charge in [-0.15, -0.1) is 0 Å². The topological polar surface area (TPSA) is 87.3 Å². The average Bonchev–Trinajstić information content (AvgIpc) is 2.49. The fourth-order valence-electron chi connectivity index (χ4n) is 1.62. The predicted octanol–water partition coefficient (Wildman–Crippen LogP) is 1.36. The molecule has 1 aromatic carbocycles. The van der Waals surface area contributed by atoms with Crippen LogP contribution in [0.15, 0.2) is 24.3 Å². The van der Waals surface area contributed by atoms with E-state index in [2.05, 4.69) is 16.2 Å². The van der Waals surface area contributed by atoms with Crippen molar-refractivity contribution in [3.63, 3.8) is 0 Å². The molecule has 3 N–H and O–H groups in total. The summed E-state index contributed by atoms with van der Waals surface area (Å²) in [6.45, 7) is 1.28. The van der Waals surface area contributed by atoms with Gasteiger partial charge in [-0.05, 0) is 30.6 Å². The van der Waals surface area contributed by atoms with Crippen molar-refractivity contribution < 1.29 is 14.4 Å². The molecule has 1 atom stereocenters. The van der Waals surface area contributed by atoms with E-state index in [1.165, 1.54) is 6.92 Å². The van der Waals surface area contributed by atoms with E-state index in [1.54, 1.807) is 36.0 Å². The predicted molar refractivity (Wildman–Crippen MR) is 87.7 cm³/mol. The van der Waals surface area contributed by atoms with Gasteiger partial charge in [0.1, 0.15) is 6.04 Å². The van der Waals surface area contributed by atoms with Crippen LogP contribution in [-0.4, -0.2) is 35.8 Å². The number of halogens is 1. The van der Waals surface area contributed by atoms with Gasteiger partial charge in [-0.3, -0.25) is 25.2 Å². The normalized spacial score (nSPS) is 11.4. The first-order valence-corrected chi connectivity index (χ1v) is 8.33. The summed E-state index contributed by atoms with van der Waals surface area (Å²) in [4.78, 5) is 35.1. The lowest BCUT2D eigenvalue weighted by atomic mass is 10.1. The van der Waals surface area contributed by atoms with Crippen LogP contribution in [0.4, 0.5) is 0 Å². The summed E-state index contributed by atoms with van der Waals surface area (Å²) in [5.41, 5.74) is 4.77. The van der Waals surface area contributed by atoms with E-state index >= 15 is 0 Å². The van der Waals surface area contributed by atoms with Crippen LogP contribution in [0.1, 0.15) is 23.7 Å². The second-order valence-corrected chi connectivity index (χ2v) is 5.85. The van der Waals surface area contributed by atoms with Crippen LogP contribution >= 0.6 is 23.4 Å². The smallest absolute Gasteiger partial charge is 0.260 e. The van der Waals surface area contributed by atoms with E-state index in [1.807, 2.05) is 6.26 Å². The van der Waals surface area contributed by atoms with Crippen molar-refractivity contribution in [1.82, 2.24) is 16.2 Å². The summed E-state index contributed by atoms with van der Waals surface area (Å²) < 4.78 is 0. The molecule has 0 aliphatic rings. The van der Waals surface area contributed by atoms with E-state index < -0.39 is 23.8 Å². The monoisotopic (exact) mass is 343 g/mol. The lowest BCUT2D eigenvalue weighted by Crippen LogP contribution is -2.52. The van der Waals surface area contributed by atoms with Crippen molar-refractivity contribution in [1.29, 1.82) is 0 Å². The zero-order valence-corrected chi connectivity index (χ0v) is 13.9. The molecule has 120 valence electrons. The molecular weight excluding hydrogens is 326 g/mol.